The van der Waals surface area contributed by atoms with E-state index >= 15 is 0 Å². The molecule has 188 valence electrons. The van der Waals surface area contributed by atoms with Gasteiger partial charge in [0.05, 0.1) is 22.0 Å². The molecular formula is C26H28N4O5S. The van der Waals surface area contributed by atoms with E-state index in [9.17, 15) is 23.4 Å². The Balaban J connectivity index is 1.56. The minimum Gasteiger partial charge on any atom is -0.507 e. The number of nitrogens with zero attached hydrogens (tertiary/aromatic N) is 3. The van der Waals surface area contributed by atoms with Gasteiger partial charge in [0.1, 0.15) is 12.0 Å². The Kier molecular flexibility index (Phi) is 6.83. The van der Waals surface area contributed by atoms with Crippen molar-refractivity contribution in [3.8, 4) is 16.9 Å². The molecule has 0 radical (unpaired) electrons. The van der Waals surface area contributed by atoms with Gasteiger partial charge in [0.15, 0.2) is 9.84 Å². The first kappa shape index (κ1) is 25.3. The Morgan fingerprint density at radius 3 is 2.61 bits per heavy atom. The Bertz CT molecular complexity index is 1530. The zero-order chi connectivity index (χ0) is 26.1. The van der Waals surface area contributed by atoms with E-state index in [0.29, 0.717) is 0 Å². The summed E-state index contributed by atoms with van der Waals surface area (Å²) in [6, 6.07) is 15.7. The third kappa shape index (κ3) is 5.09. The predicted octanol–water partition coefficient (Wildman–Crippen LogP) is 3.23. The number of pyridine rings is 1. The molecule has 0 saturated carbocycles. The first-order chi connectivity index (χ1) is 17.0. The molecule has 2 heterocycles. The van der Waals surface area contributed by atoms with Gasteiger partial charge in [-0.25, -0.2) is 13.1 Å². The molecule has 0 saturated heterocycles. The second-order valence-electron chi connectivity index (χ2n) is 9.15. The fourth-order valence-corrected chi connectivity index (χ4v) is 4.77. The normalized spacial score (nSPS) is 14.3. The lowest BCUT2D eigenvalue weighted by atomic mass is 10.0. The Morgan fingerprint density at radius 2 is 1.89 bits per heavy atom. The maximum atomic E-state index is 12.7. The highest BCUT2D eigenvalue weighted by Gasteiger charge is 2.39. The lowest BCUT2D eigenvalue weighted by Gasteiger charge is -2.30. The molecule has 10 heteroatoms. The second kappa shape index (κ2) is 9.71. The van der Waals surface area contributed by atoms with Crippen LogP contribution in [0.4, 0.5) is 0 Å². The standard InChI is InChI=1S/C26H28N4O5S/c1-17-11-12-18-7-6-9-20(24(18)29-17)19-14-28-30(15-19)23(32)13-26(2,36(3,34)35)16-27-25(33)21-8-4-5-10-22(21)31/h4-12,14-15,23,31-32H,13,16H2,1-3H3,(H,27,33). The summed E-state index contributed by atoms with van der Waals surface area (Å²) in [4.78, 5) is 17.2. The van der Waals surface area contributed by atoms with Crippen LogP contribution in [0.1, 0.15) is 35.6 Å². The van der Waals surface area contributed by atoms with Crippen molar-refractivity contribution in [1.29, 1.82) is 0 Å². The van der Waals surface area contributed by atoms with Gasteiger partial charge in [-0.1, -0.05) is 36.4 Å². The number of aliphatic hydroxyl groups is 1. The average molecular weight is 509 g/mol. The van der Waals surface area contributed by atoms with Gasteiger partial charge in [0.25, 0.3) is 5.91 Å². The number of carbonyl (C=O) groups is 1. The molecule has 36 heavy (non-hydrogen) atoms. The maximum absolute atomic E-state index is 12.7. The number of hydrogen-bond acceptors (Lipinski definition) is 7. The SMILES string of the molecule is Cc1ccc2cccc(-c3cnn(C(O)CC(C)(CNC(=O)c4ccccc4O)S(C)(=O)=O)c3)c2n1. The quantitative estimate of drug-likeness (QED) is 0.333. The smallest absolute Gasteiger partial charge is 0.255 e. The van der Waals surface area contributed by atoms with Crippen LogP contribution in [0.2, 0.25) is 0 Å². The highest BCUT2D eigenvalue weighted by Crippen LogP contribution is 2.30. The van der Waals surface area contributed by atoms with Crippen molar-refractivity contribution in [2.75, 3.05) is 12.8 Å². The molecular weight excluding hydrogens is 480 g/mol. The van der Waals surface area contributed by atoms with E-state index in [-0.39, 0.29) is 24.3 Å². The largest absolute Gasteiger partial charge is 0.507 e. The van der Waals surface area contributed by atoms with Gasteiger partial charge < -0.3 is 15.5 Å². The summed E-state index contributed by atoms with van der Waals surface area (Å²) in [6.45, 7) is 3.10. The van der Waals surface area contributed by atoms with Crippen molar-refractivity contribution in [1.82, 2.24) is 20.1 Å². The van der Waals surface area contributed by atoms with E-state index in [4.69, 9.17) is 0 Å². The number of aromatic nitrogens is 3. The number of nitrogens with one attached hydrogen (secondary N) is 1. The van der Waals surface area contributed by atoms with E-state index in [0.717, 1.165) is 34.0 Å². The van der Waals surface area contributed by atoms with Crippen LogP contribution in [-0.2, 0) is 9.84 Å². The lowest BCUT2D eigenvalue weighted by Crippen LogP contribution is -2.47. The molecule has 0 aliphatic carbocycles. The molecule has 0 bridgehead atoms. The van der Waals surface area contributed by atoms with E-state index in [1.165, 1.54) is 23.7 Å². The summed E-state index contributed by atoms with van der Waals surface area (Å²) in [5.74, 6) is -0.823. The molecule has 0 fully saturated rings. The van der Waals surface area contributed by atoms with E-state index < -0.39 is 26.7 Å². The molecule has 3 N–H and O–H groups in total. The summed E-state index contributed by atoms with van der Waals surface area (Å²) in [6.07, 6.45) is 2.81. The van der Waals surface area contributed by atoms with Crippen molar-refractivity contribution < 1.29 is 23.4 Å². The molecule has 2 aromatic carbocycles. The number of aliphatic hydroxyl groups excluding tert-OH is 1. The van der Waals surface area contributed by atoms with Crippen LogP contribution in [0.15, 0.2) is 67.0 Å². The first-order valence-corrected chi connectivity index (χ1v) is 13.2. The van der Waals surface area contributed by atoms with Crippen molar-refractivity contribution in [2.45, 2.75) is 31.2 Å². The Labute approximate surface area is 209 Å². The highest BCUT2D eigenvalue weighted by atomic mass is 32.2. The summed E-state index contributed by atoms with van der Waals surface area (Å²) in [7, 11) is -3.72. The molecule has 0 aliphatic rings. The molecule has 4 rings (SSSR count). The van der Waals surface area contributed by atoms with Crippen molar-refractivity contribution in [2.24, 2.45) is 0 Å². The summed E-state index contributed by atoms with van der Waals surface area (Å²) >= 11 is 0. The maximum Gasteiger partial charge on any atom is 0.255 e. The molecule has 1 amide bonds. The Hall–Kier alpha value is -3.76. The molecule has 0 aliphatic heterocycles. The van der Waals surface area contributed by atoms with E-state index in [2.05, 4.69) is 15.4 Å². The van der Waals surface area contributed by atoms with Gasteiger partial charge in [-0.3, -0.25) is 9.78 Å². The van der Waals surface area contributed by atoms with Crippen LogP contribution in [0.5, 0.6) is 5.75 Å². The number of para-hydroxylation sites is 2. The van der Waals surface area contributed by atoms with Crippen molar-refractivity contribution >= 4 is 26.6 Å². The highest BCUT2D eigenvalue weighted by molar-refractivity contribution is 7.92. The molecule has 2 aromatic heterocycles. The van der Waals surface area contributed by atoms with Crippen LogP contribution in [0.25, 0.3) is 22.0 Å². The zero-order valence-electron chi connectivity index (χ0n) is 20.2. The number of aromatic hydroxyl groups is 1. The number of rotatable bonds is 8. The number of benzene rings is 2. The molecule has 2 atom stereocenters. The molecule has 2 unspecified atom stereocenters. The van der Waals surface area contributed by atoms with Gasteiger partial charge in [0.2, 0.25) is 0 Å². The van der Waals surface area contributed by atoms with Gasteiger partial charge >= 0.3 is 0 Å². The van der Waals surface area contributed by atoms with E-state index in [1.807, 2.05) is 37.3 Å². The van der Waals surface area contributed by atoms with Gasteiger partial charge in [-0.2, -0.15) is 5.10 Å². The third-order valence-electron chi connectivity index (χ3n) is 6.36. The van der Waals surface area contributed by atoms with E-state index in [1.54, 1.807) is 24.5 Å². The predicted molar refractivity (Wildman–Crippen MR) is 137 cm³/mol. The lowest BCUT2D eigenvalue weighted by molar-refractivity contribution is 0.0689. The van der Waals surface area contributed by atoms with Gasteiger partial charge in [-0.05, 0) is 32.0 Å². The second-order valence-corrected chi connectivity index (χ2v) is 11.7. The van der Waals surface area contributed by atoms with Crippen LogP contribution in [0.3, 0.4) is 0 Å². The minimum atomic E-state index is -3.72. The molecule has 9 nitrogen and oxygen atoms in total. The number of hydrogen-bond donors (Lipinski definition) is 3. The van der Waals surface area contributed by atoms with Crippen LogP contribution in [-0.4, -0.2) is 56.9 Å². The minimum absolute atomic E-state index is 0.0320. The fourth-order valence-electron chi connectivity index (χ4n) is 3.98. The molecule has 0 spiro atoms. The van der Waals surface area contributed by atoms with Crippen molar-refractivity contribution in [3.63, 3.8) is 0 Å². The number of sulfone groups is 1. The topological polar surface area (TPSA) is 134 Å². The monoisotopic (exact) mass is 508 g/mol. The number of amides is 1. The summed E-state index contributed by atoms with van der Waals surface area (Å²) < 4.78 is 25.2. The summed E-state index contributed by atoms with van der Waals surface area (Å²) in [5.41, 5.74) is 3.28. The number of phenolic OH excluding ortho intramolecular Hbond substituents is 1. The number of phenols is 1. The Morgan fingerprint density at radius 1 is 1.14 bits per heavy atom. The number of carbonyl (C=O) groups excluding carboxylic acids is 1. The van der Waals surface area contributed by atoms with Crippen LogP contribution in [0, 0.1) is 6.92 Å². The molecule has 4 aromatic rings. The average Bonchev–Trinajstić information content (AvgIpc) is 3.32. The fraction of sp³-hybridized carbons (Fsp3) is 0.269. The van der Waals surface area contributed by atoms with Crippen LogP contribution >= 0.6 is 0 Å². The number of aryl methyl sites for hydroxylation is 1. The third-order valence-corrected chi connectivity index (χ3v) is 8.46. The van der Waals surface area contributed by atoms with Crippen molar-refractivity contribution in [3.05, 3.63) is 78.2 Å². The first-order valence-electron chi connectivity index (χ1n) is 11.3. The van der Waals surface area contributed by atoms with Crippen LogP contribution < -0.4 is 5.32 Å². The van der Waals surface area contributed by atoms with Gasteiger partial charge in [0, 0.05) is 47.6 Å². The number of fused-ring (bicyclic) bond motifs is 1. The summed E-state index contributed by atoms with van der Waals surface area (Å²) in [5, 5.41) is 28.6. The van der Waals surface area contributed by atoms with Gasteiger partial charge in [-0.15, -0.1) is 0 Å². The zero-order valence-corrected chi connectivity index (χ0v) is 21.0.